The summed E-state index contributed by atoms with van der Waals surface area (Å²) in [5.74, 6) is -0.443. The van der Waals surface area contributed by atoms with Crippen molar-refractivity contribution in [1.29, 1.82) is 0 Å². The lowest BCUT2D eigenvalue weighted by Gasteiger charge is -2.34. The minimum Gasteiger partial charge on any atom is -0.463 e. The minimum atomic E-state index is -0.527. The number of amides is 3. The van der Waals surface area contributed by atoms with Crippen LogP contribution in [0.15, 0.2) is 57.9 Å². The number of carbonyl (C=O) groups excluding carboxylic acids is 3. The average Bonchev–Trinajstić information content (AvgIpc) is 3.58. The van der Waals surface area contributed by atoms with E-state index in [2.05, 4.69) is 15.3 Å². The number of aliphatic imine (C=N–C) groups is 1. The van der Waals surface area contributed by atoms with Crippen molar-refractivity contribution in [3.05, 3.63) is 65.2 Å². The number of fused-ring (bicyclic) bond motifs is 1. The first-order valence-electron chi connectivity index (χ1n) is 12.6. The van der Waals surface area contributed by atoms with Gasteiger partial charge in [-0.2, -0.15) is 0 Å². The van der Waals surface area contributed by atoms with Gasteiger partial charge in [0.2, 0.25) is 0 Å². The van der Waals surface area contributed by atoms with Crippen LogP contribution in [0, 0.1) is 5.92 Å². The van der Waals surface area contributed by atoms with Crippen molar-refractivity contribution in [2.24, 2.45) is 10.9 Å². The van der Waals surface area contributed by atoms with Crippen LogP contribution in [0.25, 0.3) is 22.1 Å². The first kappa shape index (κ1) is 24.0. The second-order valence-electron chi connectivity index (χ2n) is 10.4. The Kier molecular flexibility index (Phi) is 5.43. The lowest BCUT2D eigenvalue weighted by Crippen LogP contribution is -2.56. The van der Waals surface area contributed by atoms with Crippen LogP contribution in [-0.2, 0) is 20.8 Å². The first-order chi connectivity index (χ1) is 18.2. The fourth-order valence-corrected chi connectivity index (χ4v) is 5.96. The maximum Gasteiger partial charge on any atom is 0.321 e. The molecule has 6 rings (SSSR count). The number of carbonyl (C=O) groups is 3. The number of hydrogen-bond donors (Lipinski definition) is 1. The highest BCUT2D eigenvalue weighted by molar-refractivity contribution is 6.41. The van der Waals surface area contributed by atoms with Gasteiger partial charge in [-0.25, -0.2) is 14.3 Å². The molecule has 0 saturated carbocycles. The van der Waals surface area contributed by atoms with Gasteiger partial charge < -0.3 is 9.32 Å². The quantitative estimate of drug-likeness (QED) is 0.426. The number of rotatable bonds is 4. The summed E-state index contributed by atoms with van der Waals surface area (Å²) in [5.41, 5.74) is 4.44. The average molecular weight is 511 g/mol. The molecule has 3 aromatic rings. The second kappa shape index (κ2) is 8.59. The van der Waals surface area contributed by atoms with Crippen molar-refractivity contribution >= 4 is 57.6 Å². The Hall–Kier alpha value is -4.37. The SMILES string of the molecule is CC(C)C(=O)[N+]12CC=NC=C(C3=C(c4cnc(N(C)C)c5ccoc45)C(=O)NC3=O)c3cccc(c31)CC2. The predicted molar refractivity (Wildman–Crippen MR) is 146 cm³/mol. The van der Waals surface area contributed by atoms with Crippen molar-refractivity contribution in [3.8, 4) is 0 Å². The summed E-state index contributed by atoms with van der Waals surface area (Å²) in [5, 5.41) is 3.20. The molecule has 1 aromatic carbocycles. The zero-order valence-electron chi connectivity index (χ0n) is 21.7. The Labute approximate surface area is 219 Å². The Morgan fingerprint density at radius 2 is 1.89 bits per heavy atom. The number of quaternary nitrogens is 1. The topological polar surface area (TPSA) is 105 Å². The number of hydrogen-bond acceptors (Lipinski definition) is 7. The highest BCUT2D eigenvalue weighted by Gasteiger charge is 2.49. The van der Waals surface area contributed by atoms with E-state index in [0.717, 1.165) is 28.6 Å². The number of anilines is 1. The molecule has 0 fully saturated rings. The molecule has 0 aliphatic carbocycles. The standard InChI is InChI=1S/C29H27N5O4/c1-16(2)29(37)34-11-8-17-6-5-7-18(24(17)34)20(14-30-10-12-34)22-23(28(36)32-27(22)35)21-15-31-26(33(3)4)19-9-13-38-25(19)21/h5-7,9-10,13-16H,8,11-12H2,1-4H3/p+1. The molecule has 3 amide bonds. The van der Waals surface area contributed by atoms with Gasteiger partial charge in [-0.15, -0.1) is 0 Å². The third-order valence-corrected chi connectivity index (χ3v) is 7.58. The number of aromatic nitrogens is 1. The molecule has 5 heterocycles. The highest BCUT2D eigenvalue weighted by Crippen LogP contribution is 2.46. The van der Waals surface area contributed by atoms with E-state index in [9.17, 15) is 14.4 Å². The van der Waals surface area contributed by atoms with E-state index < -0.39 is 11.8 Å². The monoisotopic (exact) mass is 510 g/mol. The van der Waals surface area contributed by atoms with Crippen molar-refractivity contribution < 1.29 is 18.8 Å². The summed E-state index contributed by atoms with van der Waals surface area (Å²) in [6, 6.07) is 7.67. The maximum absolute atomic E-state index is 13.7. The molecular weight excluding hydrogens is 482 g/mol. The third kappa shape index (κ3) is 3.31. The van der Waals surface area contributed by atoms with Crippen LogP contribution in [0.2, 0.25) is 0 Å². The molecule has 0 radical (unpaired) electrons. The number of para-hydroxylation sites is 1. The van der Waals surface area contributed by atoms with Crippen molar-refractivity contribution in [2.75, 3.05) is 32.1 Å². The predicted octanol–water partition coefficient (Wildman–Crippen LogP) is 3.48. The van der Waals surface area contributed by atoms with E-state index in [1.807, 2.05) is 51.0 Å². The molecule has 38 heavy (non-hydrogen) atoms. The van der Waals surface area contributed by atoms with Crippen LogP contribution < -0.4 is 14.7 Å². The molecular formula is C29H28N5O4+. The molecule has 1 atom stereocenters. The van der Waals surface area contributed by atoms with Crippen LogP contribution in [0.5, 0.6) is 0 Å². The fraction of sp³-hybridized carbons (Fsp3) is 0.276. The van der Waals surface area contributed by atoms with Crippen molar-refractivity contribution in [1.82, 2.24) is 14.8 Å². The smallest absolute Gasteiger partial charge is 0.321 e. The Morgan fingerprint density at radius 1 is 1.11 bits per heavy atom. The van der Waals surface area contributed by atoms with E-state index in [4.69, 9.17) is 4.42 Å². The van der Waals surface area contributed by atoms with Gasteiger partial charge in [0.15, 0.2) is 5.69 Å². The molecule has 9 nitrogen and oxygen atoms in total. The molecule has 0 saturated heterocycles. The van der Waals surface area contributed by atoms with E-state index >= 15 is 0 Å². The van der Waals surface area contributed by atoms with E-state index in [-0.39, 0.29) is 27.5 Å². The normalized spacial score (nSPS) is 20.5. The molecule has 3 aliphatic rings. The number of benzene rings is 1. The Balaban J connectivity index is 1.64. The number of imide groups is 1. The zero-order valence-corrected chi connectivity index (χ0v) is 21.7. The van der Waals surface area contributed by atoms with Gasteiger partial charge in [0, 0.05) is 55.2 Å². The molecule has 1 N–H and O–H groups in total. The van der Waals surface area contributed by atoms with Gasteiger partial charge in [-0.05, 0) is 26.0 Å². The lowest BCUT2D eigenvalue weighted by atomic mass is 9.89. The zero-order chi connectivity index (χ0) is 26.8. The van der Waals surface area contributed by atoms with Gasteiger partial charge in [0.25, 0.3) is 11.8 Å². The number of pyridine rings is 1. The maximum atomic E-state index is 13.7. The molecule has 1 unspecified atom stereocenters. The summed E-state index contributed by atoms with van der Waals surface area (Å²) in [4.78, 5) is 51.3. The summed E-state index contributed by atoms with van der Waals surface area (Å²) in [6.45, 7) is 4.88. The van der Waals surface area contributed by atoms with E-state index in [0.29, 0.717) is 35.6 Å². The van der Waals surface area contributed by atoms with Crippen LogP contribution in [0.4, 0.5) is 11.5 Å². The van der Waals surface area contributed by atoms with E-state index in [1.165, 1.54) is 0 Å². The molecule has 192 valence electrons. The van der Waals surface area contributed by atoms with Crippen molar-refractivity contribution in [2.45, 2.75) is 20.3 Å². The van der Waals surface area contributed by atoms with Gasteiger partial charge in [-0.3, -0.25) is 19.9 Å². The highest BCUT2D eigenvalue weighted by atomic mass is 16.3. The molecule has 3 aliphatic heterocycles. The minimum absolute atomic E-state index is 0.103. The summed E-state index contributed by atoms with van der Waals surface area (Å²) < 4.78 is 5.96. The first-order valence-corrected chi connectivity index (χ1v) is 12.6. The van der Waals surface area contributed by atoms with Crippen molar-refractivity contribution in [3.63, 3.8) is 0 Å². The summed E-state index contributed by atoms with van der Waals surface area (Å²) in [6.07, 6.45) is 7.21. The van der Waals surface area contributed by atoms with Crippen LogP contribution in [-0.4, -0.2) is 56.1 Å². The van der Waals surface area contributed by atoms with Crippen LogP contribution in [0.3, 0.4) is 0 Å². The molecule has 9 heteroatoms. The lowest BCUT2D eigenvalue weighted by molar-refractivity contribution is -0.132. The fourth-order valence-electron chi connectivity index (χ4n) is 5.96. The number of furan rings is 1. The van der Waals surface area contributed by atoms with Gasteiger partial charge in [0.1, 0.15) is 17.9 Å². The Bertz CT molecular complexity index is 1640. The third-order valence-electron chi connectivity index (χ3n) is 7.58. The van der Waals surface area contributed by atoms with E-state index in [1.54, 1.807) is 30.9 Å². The molecule has 0 bridgehead atoms. The Morgan fingerprint density at radius 3 is 2.66 bits per heavy atom. The number of nitrogens with zero attached hydrogens (tertiary/aromatic N) is 4. The molecule has 2 aromatic heterocycles. The second-order valence-corrected chi connectivity index (χ2v) is 10.4. The van der Waals surface area contributed by atoms with Crippen LogP contribution >= 0.6 is 0 Å². The number of nitrogens with one attached hydrogen (secondary N) is 1. The van der Waals surface area contributed by atoms with Gasteiger partial charge >= 0.3 is 5.91 Å². The summed E-state index contributed by atoms with van der Waals surface area (Å²) in [7, 11) is 3.75. The van der Waals surface area contributed by atoms with Crippen LogP contribution in [0.1, 0.15) is 30.5 Å². The summed E-state index contributed by atoms with van der Waals surface area (Å²) >= 11 is 0. The van der Waals surface area contributed by atoms with Gasteiger partial charge in [-0.1, -0.05) is 12.1 Å². The molecule has 0 spiro atoms. The van der Waals surface area contributed by atoms with Gasteiger partial charge in [0.05, 0.1) is 41.5 Å². The largest absolute Gasteiger partial charge is 0.463 e.